The topological polar surface area (TPSA) is 47.6 Å². The third-order valence-electron chi connectivity index (χ3n) is 4.15. The lowest BCUT2D eigenvalue weighted by atomic mass is 10.1. The number of ether oxygens (including phenoxy) is 2. The quantitative estimate of drug-likeness (QED) is 0.817. The summed E-state index contributed by atoms with van der Waals surface area (Å²) in [7, 11) is 0. The molecular formula is C20H22ClNO3. The molecule has 0 saturated heterocycles. The van der Waals surface area contributed by atoms with Crippen LogP contribution in [-0.2, 0) is 17.6 Å². The number of benzene rings is 2. The zero-order valence-electron chi connectivity index (χ0n) is 14.5. The van der Waals surface area contributed by atoms with Crippen LogP contribution in [0.4, 0.5) is 5.69 Å². The standard InChI is InChI=1S/C20H22ClNO3/c1-3-24-19-11-15-10-13(2)25-18(15)12-17(19)22-20(23)9-8-14-6-4-5-7-16(14)21/h4-7,11-13H,3,8-10H2,1-2H3,(H,22,23). The summed E-state index contributed by atoms with van der Waals surface area (Å²) in [5.41, 5.74) is 2.74. The molecule has 2 aromatic rings. The number of fused-ring (bicyclic) bond motifs is 1. The van der Waals surface area contributed by atoms with E-state index in [9.17, 15) is 4.79 Å². The Morgan fingerprint density at radius 2 is 2.16 bits per heavy atom. The van der Waals surface area contributed by atoms with Crippen LogP contribution in [0.2, 0.25) is 5.02 Å². The van der Waals surface area contributed by atoms with Gasteiger partial charge in [-0.2, -0.15) is 0 Å². The van der Waals surface area contributed by atoms with Crippen LogP contribution in [-0.4, -0.2) is 18.6 Å². The van der Waals surface area contributed by atoms with Crippen LogP contribution < -0.4 is 14.8 Å². The molecule has 25 heavy (non-hydrogen) atoms. The van der Waals surface area contributed by atoms with Gasteiger partial charge in [0.1, 0.15) is 17.6 Å². The van der Waals surface area contributed by atoms with Gasteiger partial charge in [0.05, 0.1) is 12.3 Å². The Morgan fingerprint density at radius 3 is 2.92 bits per heavy atom. The summed E-state index contributed by atoms with van der Waals surface area (Å²) in [5, 5.41) is 3.63. The Labute approximate surface area is 153 Å². The minimum absolute atomic E-state index is 0.0770. The lowest BCUT2D eigenvalue weighted by Gasteiger charge is -2.13. The molecule has 1 aliphatic rings. The molecule has 0 bridgehead atoms. The summed E-state index contributed by atoms with van der Waals surface area (Å²) in [4.78, 5) is 12.4. The van der Waals surface area contributed by atoms with E-state index in [0.29, 0.717) is 35.9 Å². The first-order chi connectivity index (χ1) is 12.1. The van der Waals surface area contributed by atoms with Crippen molar-refractivity contribution in [3.63, 3.8) is 0 Å². The molecule has 1 aliphatic heterocycles. The minimum Gasteiger partial charge on any atom is -0.492 e. The van der Waals surface area contributed by atoms with E-state index in [1.165, 1.54) is 0 Å². The van der Waals surface area contributed by atoms with Gasteiger partial charge in [-0.05, 0) is 38.0 Å². The average molecular weight is 360 g/mol. The molecule has 4 nitrogen and oxygen atoms in total. The predicted molar refractivity (Wildman–Crippen MR) is 99.8 cm³/mol. The maximum Gasteiger partial charge on any atom is 0.224 e. The molecule has 0 aromatic heterocycles. The van der Waals surface area contributed by atoms with Crippen molar-refractivity contribution in [3.05, 3.63) is 52.5 Å². The van der Waals surface area contributed by atoms with Gasteiger partial charge in [-0.15, -0.1) is 0 Å². The molecule has 1 amide bonds. The molecule has 0 aliphatic carbocycles. The Morgan fingerprint density at radius 1 is 1.36 bits per heavy atom. The van der Waals surface area contributed by atoms with E-state index in [1.807, 2.05) is 50.2 Å². The highest BCUT2D eigenvalue weighted by Gasteiger charge is 2.22. The molecule has 132 valence electrons. The number of carbonyl (C=O) groups excluding carboxylic acids is 1. The van der Waals surface area contributed by atoms with Gasteiger partial charge < -0.3 is 14.8 Å². The SMILES string of the molecule is CCOc1cc2c(cc1NC(=O)CCc1ccccc1Cl)OC(C)C2. The molecule has 3 rings (SSSR count). The van der Waals surface area contributed by atoms with Crippen molar-refractivity contribution in [1.29, 1.82) is 0 Å². The van der Waals surface area contributed by atoms with Gasteiger partial charge in [0.15, 0.2) is 0 Å². The largest absolute Gasteiger partial charge is 0.492 e. The summed E-state index contributed by atoms with van der Waals surface area (Å²) >= 11 is 6.14. The molecule has 0 radical (unpaired) electrons. The molecule has 1 unspecified atom stereocenters. The smallest absolute Gasteiger partial charge is 0.224 e. The fourth-order valence-electron chi connectivity index (χ4n) is 2.97. The van der Waals surface area contributed by atoms with Gasteiger partial charge in [0.25, 0.3) is 0 Å². The van der Waals surface area contributed by atoms with Crippen LogP contribution in [0.1, 0.15) is 31.4 Å². The first-order valence-electron chi connectivity index (χ1n) is 8.56. The van der Waals surface area contributed by atoms with E-state index >= 15 is 0 Å². The number of anilines is 1. The van der Waals surface area contributed by atoms with Gasteiger partial charge in [-0.1, -0.05) is 29.8 Å². The van der Waals surface area contributed by atoms with Crippen LogP contribution in [0.5, 0.6) is 11.5 Å². The maximum absolute atomic E-state index is 12.4. The van der Waals surface area contributed by atoms with Crippen molar-refractivity contribution in [1.82, 2.24) is 0 Å². The lowest BCUT2D eigenvalue weighted by molar-refractivity contribution is -0.116. The fourth-order valence-corrected chi connectivity index (χ4v) is 3.20. The Bertz CT molecular complexity index is 776. The number of rotatable bonds is 6. The molecule has 0 saturated carbocycles. The number of carbonyl (C=O) groups is 1. The fraction of sp³-hybridized carbons (Fsp3) is 0.350. The molecule has 1 heterocycles. The Balaban J connectivity index is 1.70. The van der Waals surface area contributed by atoms with Gasteiger partial charge in [0, 0.05) is 29.5 Å². The summed E-state index contributed by atoms with van der Waals surface area (Å²) in [6.07, 6.45) is 1.95. The van der Waals surface area contributed by atoms with Crippen molar-refractivity contribution in [2.24, 2.45) is 0 Å². The molecule has 5 heteroatoms. The molecule has 0 spiro atoms. The zero-order valence-corrected chi connectivity index (χ0v) is 15.2. The normalized spacial score (nSPS) is 15.4. The lowest BCUT2D eigenvalue weighted by Crippen LogP contribution is -2.13. The number of hydrogen-bond acceptors (Lipinski definition) is 3. The third-order valence-corrected chi connectivity index (χ3v) is 4.52. The van der Waals surface area contributed by atoms with Crippen LogP contribution in [0.15, 0.2) is 36.4 Å². The number of aryl methyl sites for hydroxylation is 1. The van der Waals surface area contributed by atoms with Crippen molar-refractivity contribution >= 4 is 23.2 Å². The third kappa shape index (κ3) is 4.26. The van der Waals surface area contributed by atoms with E-state index in [2.05, 4.69) is 5.32 Å². The number of nitrogens with one attached hydrogen (secondary N) is 1. The van der Waals surface area contributed by atoms with Crippen LogP contribution in [0, 0.1) is 0 Å². The van der Waals surface area contributed by atoms with Crippen LogP contribution in [0.3, 0.4) is 0 Å². The second-order valence-corrected chi connectivity index (χ2v) is 6.57. The summed E-state index contributed by atoms with van der Waals surface area (Å²) < 4.78 is 11.5. The predicted octanol–water partition coefficient (Wildman–Crippen LogP) is 4.63. The zero-order chi connectivity index (χ0) is 17.8. The van der Waals surface area contributed by atoms with E-state index in [1.54, 1.807) is 0 Å². The van der Waals surface area contributed by atoms with Gasteiger partial charge in [-0.25, -0.2) is 0 Å². The van der Waals surface area contributed by atoms with Gasteiger partial charge in [-0.3, -0.25) is 4.79 Å². The molecule has 1 atom stereocenters. The first kappa shape index (κ1) is 17.6. The average Bonchev–Trinajstić information content (AvgIpc) is 2.93. The van der Waals surface area contributed by atoms with Crippen molar-refractivity contribution in [3.8, 4) is 11.5 Å². The van der Waals surface area contributed by atoms with Crippen molar-refractivity contribution in [2.75, 3.05) is 11.9 Å². The van der Waals surface area contributed by atoms with Crippen molar-refractivity contribution < 1.29 is 14.3 Å². The van der Waals surface area contributed by atoms with E-state index in [-0.39, 0.29) is 12.0 Å². The highest BCUT2D eigenvalue weighted by Crippen LogP contribution is 2.38. The number of amides is 1. The molecule has 1 N–H and O–H groups in total. The van der Waals surface area contributed by atoms with Gasteiger partial charge in [0.2, 0.25) is 5.91 Å². The van der Waals surface area contributed by atoms with E-state index < -0.39 is 0 Å². The molecule has 2 aromatic carbocycles. The number of halogens is 1. The first-order valence-corrected chi connectivity index (χ1v) is 8.94. The van der Waals surface area contributed by atoms with E-state index in [4.69, 9.17) is 21.1 Å². The summed E-state index contributed by atoms with van der Waals surface area (Å²) in [6.45, 7) is 4.50. The Hall–Kier alpha value is -2.20. The second kappa shape index (κ2) is 7.79. The summed E-state index contributed by atoms with van der Waals surface area (Å²) in [5.74, 6) is 1.43. The second-order valence-electron chi connectivity index (χ2n) is 6.16. The minimum atomic E-state index is -0.0770. The molecule has 0 fully saturated rings. The maximum atomic E-state index is 12.4. The van der Waals surface area contributed by atoms with Crippen LogP contribution in [0.25, 0.3) is 0 Å². The van der Waals surface area contributed by atoms with Gasteiger partial charge >= 0.3 is 0 Å². The summed E-state index contributed by atoms with van der Waals surface area (Å²) in [6, 6.07) is 11.4. The highest BCUT2D eigenvalue weighted by atomic mass is 35.5. The Kier molecular flexibility index (Phi) is 5.49. The van der Waals surface area contributed by atoms with Crippen LogP contribution >= 0.6 is 11.6 Å². The monoisotopic (exact) mass is 359 g/mol. The van der Waals surface area contributed by atoms with E-state index in [0.717, 1.165) is 23.3 Å². The van der Waals surface area contributed by atoms with Crippen molar-refractivity contribution in [2.45, 2.75) is 39.2 Å². The molecular weight excluding hydrogens is 338 g/mol. The number of hydrogen-bond donors (Lipinski definition) is 1. The highest BCUT2D eigenvalue weighted by molar-refractivity contribution is 6.31.